The summed E-state index contributed by atoms with van der Waals surface area (Å²) in [5, 5.41) is 2.82. The van der Waals surface area contributed by atoms with Crippen LogP contribution in [0.2, 0.25) is 0 Å². The fourth-order valence-corrected chi connectivity index (χ4v) is 2.92. The third kappa shape index (κ3) is 3.73. The van der Waals surface area contributed by atoms with Gasteiger partial charge in [-0.15, -0.1) is 0 Å². The van der Waals surface area contributed by atoms with Crippen LogP contribution in [0.25, 0.3) is 0 Å². The Morgan fingerprint density at radius 3 is 2.64 bits per heavy atom. The number of carbonyl (C=O) groups excluding carboxylic acids is 2. The molecule has 3 aliphatic rings. The van der Waals surface area contributed by atoms with Crippen molar-refractivity contribution in [1.82, 2.24) is 15.3 Å². The van der Waals surface area contributed by atoms with Crippen LogP contribution in [-0.4, -0.2) is 47.1 Å². The van der Waals surface area contributed by atoms with E-state index in [1.807, 2.05) is 0 Å². The van der Waals surface area contributed by atoms with Gasteiger partial charge in [0.25, 0.3) is 5.91 Å². The highest BCUT2D eigenvalue weighted by molar-refractivity contribution is 5.93. The molecular formula is C17H22N4O4. The molecule has 0 aromatic carbocycles. The maximum absolute atomic E-state index is 12.6. The molecule has 2 aliphatic carbocycles. The Kier molecular flexibility index (Phi) is 4.07. The number of hydrogen-bond acceptors (Lipinski definition) is 6. The highest BCUT2D eigenvalue weighted by Crippen LogP contribution is 2.42. The lowest BCUT2D eigenvalue weighted by Crippen LogP contribution is -2.63. The molecular weight excluding hydrogens is 324 g/mol. The van der Waals surface area contributed by atoms with Gasteiger partial charge in [0.05, 0.1) is 38.0 Å². The van der Waals surface area contributed by atoms with E-state index in [-0.39, 0.29) is 25.3 Å². The van der Waals surface area contributed by atoms with Crippen molar-refractivity contribution in [1.29, 1.82) is 0 Å². The predicted octanol–water partition coefficient (Wildman–Crippen LogP) is 0.517. The first-order chi connectivity index (χ1) is 12.0. The average Bonchev–Trinajstić information content (AvgIpc) is 3.44. The number of nitrogens with two attached hydrogens (primary N) is 1. The van der Waals surface area contributed by atoms with Crippen LogP contribution in [0.4, 0.5) is 0 Å². The van der Waals surface area contributed by atoms with Crippen molar-refractivity contribution in [2.45, 2.75) is 43.6 Å². The zero-order chi connectivity index (χ0) is 17.4. The topological polar surface area (TPSA) is 116 Å². The van der Waals surface area contributed by atoms with Gasteiger partial charge in [-0.3, -0.25) is 14.6 Å². The Bertz CT molecular complexity index is 696. The second-order valence-corrected chi connectivity index (χ2v) is 7.34. The van der Waals surface area contributed by atoms with Gasteiger partial charge < -0.3 is 20.5 Å². The van der Waals surface area contributed by atoms with E-state index in [2.05, 4.69) is 15.3 Å². The maximum Gasteiger partial charge on any atom is 0.272 e. The van der Waals surface area contributed by atoms with E-state index in [1.165, 1.54) is 19.0 Å². The molecule has 2 saturated carbocycles. The molecule has 1 aromatic heterocycles. The first kappa shape index (κ1) is 16.3. The quantitative estimate of drug-likeness (QED) is 0.709. The van der Waals surface area contributed by atoms with Gasteiger partial charge in [-0.1, -0.05) is 0 Å². The Labute approximate surface area is 145 Å². The van der Waals surface area contributed by atoms with E-state index >= 15 is 0 Å². The second kappa shape index (κ2) is 6.25. The average molecular weight is 346 g/mol. The zero-order valence-electron chi connectivity index (χ0n) is 14.0. The number of amides is 2. The van der Waals surface area contributed by atoms with Crippen LogP contribution in [0, 0.1) is 5.92 Å². The number of nitrogens with zero attached hydrogens (tertiary/aromatic N) is 2. The monoisotopic (exact) mass is 346 g/mol. The van der Waals surface area contributed by atoms with Crippen molar-refractivity contribution < 1.29 is 19.1 Å². The molecule has 8 heteroatoms. The summed E-state index contributed by atoms with van der Waals surface area (Å²) in [5.74, 6) is 0.580. The largest absolute Gasteiger partial charge is 0.476 e. The van der Waals surface area contributed by atoms with E-state index in [0.29, 0.717) is 24.3 Å². The molecule has 134 valence electrons. The number of hydrogen-bond donors (Lipinski definition) is 2. The summed E-state index contributed by atoms with van der Waals surface area (Å²) in [6.45, 7) is 1.15. The second-order valence-electron chi connectivity index (χ2n) is 7.34. The van der Waals surface area contributed by atoms with Crippen LogP contribution in [-0.2, 0) is 9.53 Å². The smallest absolute Gasteiger partial charge is 0.272 e. The summed E-state index contributed by atoms with van der Waals surface area (Å²) in [7, 11) is 0. The molecule has 8 nitrogen and oxygen atoms in total. The van der Waals surface area contributed by atoms with Crippen molar-refractivity contribution in [2.75, 3.05) is 19.8 Å². The van der Waals surface area contributed by atoms with Gasteiger partial charge in [0, 0.05) is 5.92 Å². The molecule has 4 rings (SSSR count). The van der Waals surface area contributed by atoms with E-state index in [0.717, 1.165) is 18.5 Å². The number of aromatic nitrogens is 2. The summed E-state index contributed by atoms with van der Waals surface area (Å²) in [5.41, 5.74) is 5.55. The summed E-state index contributed by atoms with van der Waals surface area (Å²) in [4.78, 5) is 32.6. The lowest BCUT2D eigenvalue weighted by molar-refractivity contribution is -0.127. The summed E-state index contributed by atoms with van der Waals surface area (Å²) in [6, 6.07) is 0. The molecule has 3 fully saturated rings. The molecule has 0 atom stereocenters. The first-order valence-corrected chi connectivity index (χ1v) is 8.73. The Morgan fingerprint density at radius 1 is 1.32 bits per heavy atom. The van der Waals surface area contributed by atoms with Gasteiger partial charge in [-0.25, -0.2) is 4.98 Å². The SMILES string of the molecule is NC(=O)CC1(NC(=O)c2cnc(C3CC3)c(OCC3CC3)n2)COC1. The Hall–Kier alpha value is -2.22. The molecule has 25 heavy (non-hydrogen) atoms. The Morgan fingerprint density at radius 2 is 2.08 bits per heavy atom. The first-order valence-electron chi connectivity index (χ1n) is 8.73. The fourth-order valence-electron chi connectivity index (χ4n) is 2.92. The van der Waals surface area contributed by atoms with Gasteiger partial charge in [-0.2, -0.15) is 0 Å². The normalized spacial score (nSPS) is 21.3. The summed E-state index contributed by atoms with van der Waals surface area (Å²) >= 11 is 0. The highest BCUT2D eigenvalue weighted by atomic mass is 16.5. The van der Waals surface area contributed by atoms with E-state index in [1.54, 1.807) is 0 Å². The Balaban J connectivity index is 1.49. The minimum Gasteiger partial charge on any atom is -0.476 e. The third-order valence-corrected chi connectivity index (χ3v) is 4.76. The van der Waals surface area contributed by atoms with Crippen molar-refractivity contribution in [3.8, 4) is 5.88 Å². The summed E-state index contributed by atoms with van der Waals surface area (Å²) in [6.07, 6.45) is 6.05. The molecule has 2 heterocycles. The molecule has 3 N–H and O–H groups in total. The van der Waals surface area contributed by atoms with E-state index in [9.17, 15) is 9.59 Å². The van der Waals surface area contributed by atoms with E-state index < -0.39 is 17.4 Å². The van der Waals surface area contributed by atoms with Crippen LogP contribution in [0.3, 0.4) is 0 Å². The van der Waals surface area contributed by atoms with Crippen molar-refractivity contribution >= 4 is 11.8 Å². The van der Waals surface area contributed by atoms with Crippen LogP contribution >= 0.6 is 0 Å². The molecule has 1 saturated heterocycles. The molecule has 1 aromatic rings. The zero-order valence-corrected chi connectivity index (χ0v) is 14.0. The van der Waals surface area contributed by atoms with Gasteiger partial charge in [-0.05, 0) is 31.6 Å². The molecule has 0 radical (unpaired) electrons. The lowest BCUT2D eigenvalue weighted by atomic mass is 9.92. The van der Waals surface area contributed by atoms with Crippen molar-refractivity contribution in [3.05, 3.63) is 17.6 Å². The molecule has 0 bridgehead atoms. The number of primary amides is 1. The molecule has 2 amide bonds. The summed E-state index contributed by atoms with van der Waals surface area (Å²) < 4.78 is 11.0. The van der Waals surface area contributed by atoms with Gasteiger partial charge in [0.1, 0.15) is 11.4 Å². The van der Waals surface area contributed by atoms with Gasteiger partial charge in [0.2, 0.25) is 11.8 Å². The predicted molar refractivity (Wildman–Crippen MR) is 87.1 cm³/mol. The highest BCUT2D eigenvalue weighted by Gasteiger charge is 2.42. The number of nitrogens with one attached hydrogen (secondary N) is 1. The maximum atomic E-state index is 12.6. The van der Waals surface area contributed by atoms with Crippen molar-refractivity contribution in [2.24, 2.45) is 11.7 Å². The van der Waals surface area contributed by atoms with Gasteiger partial charge >= 0.3 is 0 Å². The van der Waals surface area contributed by atoms with Gasteiger partial charge in [0.15, 0.2) is 0 Å². The standard InChI is InChI=1S/C17H22N4O4/c18-13(22)5-17(8-24-9-17)21-15(23)12-6-19-14(11-3-4-11)16(20-12)25-7-10-1-2-10/h6,10-11H,1-5,7-9H2,(H2,18,22)(H,21,23). The minimum atomic E-state index is -0.741. The number of rotatable bonds is 8. The fraction of sp³-hybridized carbons (Fsp3) is 0.647. The number of ether oxygens (including phenoxy) is 2. The van der Waals surface area contributed by atoms with Crippen molar-refractivity contribution in [3.63, 3.8) is 0 Å². The van der Waals surface area contributed by atoms with Crippen LogP contribution in [0.1, 0.15) is 54.2 Å². The minimum absolute atomic E-state index is 0.0391. The molecule has 0 spiro atoms. The number of carbonyl (C=O) groups is 2. The molecule has 0 unspecified atom stereocenters. The molecule has 1 aliphatic heterocycles. The lowest BCUT2D eigenvalue weighted by Gasteiger charge is -2.41. The van der Waals surface area contributed by atoms with Crippen LogP contribution in [0.5, 0.6) is 5.88 Å². The van der Waals surface area contributed by atoms with Crippen LogP contribution < -0.4 is 15.8 Å². The van der Waals surface area contributed by atoms with Crippen LogP contribution in [0.15, 0.2) is 6.20 Å². The van der Waals surface area contributed by atoms with E-state index in [4.69, 9.17) is 15.2 Å². The third-order valence-electron chi connectivity index (χ3n) is 4.76.